The van der Waals surface area contributed by atoms with Crippen LogP contribution in [0.1, 0.15) is 5.56 Å². The van der Waals surface area contributed by atoms with Crippen LogP contribution in [0, 0.1) is 5.82 Å². The van der Waals surface area contributed by atoms with Gasteiger partial charge in [0, 0.05) is 34.7 Å². The molecule has 102 valence electrons. The quantitative estimate of drug-likeness (QED) is 0.690. The van der Waals surface area contributed by atoms with E-state index in [0.717, 1.165) is 16.5 Å². The van der Waals surface area contributed by atoms with Crippen molar-refractivity contribution in [2.24, 2.45) is 7.05 Å². The Kier molecular flexibility index (Phi) is 3.36. The van der Waals surface area contributed by atoms with Crippen LogP contribution in [0.2, 0.25) is 5.02 Å². The highest BCUT2D eigenvalue weighted by Crippen LogP contribution is 2.25. The van der Waals surface area contributed by atoms with Gasteiger partial charge in [0.2, 0.25) is 0 Å². The van der Waals surface area contributed by atoms with E-state index in [2.05, 4.69) is 0 Å². The molecule has 0 aliphatic rings. The molecule has 0 atom stereocenters. The molecule has 0 amide bonds. The Labute approximate surface area is 121 Å². The molecule has 2 aromatic carbocycles. The van der Waals surface area contributed by atoms with Gasteiger partial charge in [-0.3, -0.25) is 0 Å². The fourth-order valence-corrected chi connectivity index (χ4v) is 2.41. The SMILES string of the molecule is Cn1cc(COc2ccc(F)cc2)c2ccc(Cl)cc21. The molecule has 0 aliphatic carbocycles. The monoisotopic (exact) mass is 289 g/mol. The van der Waals surface area contributed by atoms with Crippen molar-refractivity contribution in [2.45, 2.75) is 6.61 Å². The standard InChI is InChI=1S/C16H13ClFNO/c1-19-9-11(15-7-2-12(17)8-16(15)19)10-20-14-5-3-13(18)4-6-14/h2-9H,10H2,1H3. The summed E-state index contributed by atoms with van der Waals surface area (Å²) in [6.45, 7) is 0.435. The molecule has 20 heavy (non-hydrogen) atoms. The number of halogens is 2. The van der Waals surface area contributed by atoms with E-state index >= 15 is 0 Å². The third-order valence-corrected chi connectivity index (χ3v) is 3.48. The predicted octanol–water partition coefficient (Wildman–Crippen LogP) is 4.55. The summed E-state index contributed by atoms with van der Waals surface area (Å²) >= 11 is 6.01. The fraction of sp³-hybridized carbons (Fsp3) is 0.125. The minimum absolute atomic E-state index is 0.267. The van der Waals surface area contributed by atoms with Gasteiger partial charge in [0.1, 0.15) is 18.2 Å². The molecule has 0 unspecified atom stereocenters. The minimum Gasteiger partial charge on any atom is -0.489 e. The van der Waals surface area contributed by atoms with Gasteiger partial charge in [0.15, 0.2) is 0 Å². The second-order valence-electron chi connectivity index (χ2n) is 4.67. The van der Waals surface area contributed by atoms with E-state index in [4.69, 9.17) is 16.3 Å². The minimum atomic E-state index is -0.267. The van der Waals surface area contributed by atoms with Crippen molar-refractivity contribution in [3.8, 4) is 5.75 Å². The number of hydrogen-bond donors (Lipinski definition) is 0. The summed E-state index contributed by atoms with van der Waals surface area (Å²) in [5, 5.41) is 1.82. The summed E-state index contributed by atoms with van der Waals surface area (Å²) in [5.41, 5.74) is 2.14. The van der Waals surface area contributed by atoms with Gasteiger partial charge in [-0.15, -0.1) is 0 Å². The molecular weight excluding hydrogens is 277 g/mol. The van der Waals surface area contributed by atoms with Crippen molar-refractivity contribution in [3.05, 3.63) is 65.1 Å². The number of nitrogens with zero attached hydrogens (tertiary/aromatic N) is 1. The van der Waals surface area contributed by atoms with Gasteiger partial charge in [-0.05, 0) is 36.4 Å². The van der Waals surface area contributed by atoms with E-state index in [1.54, 1.807) is 12.1 Å². The van der Waals surface area contributed by atoms with Gasteiger partial charge in [0.05, 0.1) is 0 Å². The Morgan fingerprint density at radius 3 is 2.65 bits per heavy atom. The van der Waals surface area contributed by atoms with Gasteiger partial charge in [-0.1, -0.05) is 17.7 Å². The molecule has 0 spiro atoms. The molecule has 0 N–H and O–H groups in total. The highest BCUT2D eigenvalue weighted by atomic mass is 35.5. The molecule has 0 bridgehead atoms. The molecule has 0 fully saturated rings. The number of rotatable bonds is 3. The van der Waals surface area contributed by atoms with Crippen LogP contribution in [0.25, 0.3) is 10.9 Å². The fourth-order valence-electron chi connectivity index (χ4n) is 2.25. The molecule has 1 aromatic heterocycles. The van der Waals surface area contributed by atoms with Crippen LogP contribution < -0.4 is 4.74 Å². The molecule has 0 radical (unpaired) electrons. The van der Waals surface area contributed by atoms with Crippen LogP contribution in [0.15, 0.2) is 48.7 Å². The zero-order valence-corrected chi connectivity index (χ0v) is 11.7. The summed E-state index contributed by atoms with van der Waals surface area (Å²) in [6.07, 6.45) is 2.02. The van der Waals surface area contributed by atoms with E-state index in [1.807, 2.05) is 36.0 Å². The molecule has 0 saturated heterocycles. The Morgan fingerprint density at radius 2 is 1.90 bits per heavy atom. The first-order valence-corrected chi connectivity index (χ1v) is 6.63. The number of fused-ring (bicyclic) bond motifs is 1. The summed E-state index contributed by atoms with van der Waals surface area (Å²) in [7, 11) is 1.97. The smallest absolute Gasteiger partial charge is 0.123 e. The molecule has 4 heteroatoms. The third kappa shape index (κ3) is 2.49. The second-order valence-corrected chi connectivity index (χ2v) is 5.11. The van der Waals surface area contributed by atoms with Crippen LogP contribution in [0.4, 0.5) is 4.39 Å². The van der Waals surface area contributed by atoms with Gasteiger partial charge in [0.25, 0.3) is 0 Å². The maximum absolute atomic E-state index is 12.8. The highest BCUT2D eigenvalue weighted by molar-refractivity contribution is 6.31. The zero-order valence-electron chi connectivity index (χ0n) is 10.9. The van der Waals surface area contributed by atoms with E-state index in [-0.39, 0.29) is 5.82 Å². The lowest BCUT2D eigenvalue weighted by Crippen LogP contribution is -1.94. The number of benzene rings is 2. The Morgan fingerprint density at radius 1 is 1.15 bits per heavy atom. The Bertz CT molecular complexity index is 749. The van der Waals surface area contributed by atoms with Crippen molar-refractivity contribution in [1.29, 1.82) is 0 Å². The van der Waals surface area contributed by atoms with Crippen molar-refractivity contribution in [3.63, 3.8) is 0 Å². The molecular formula is C16H13ClFNO. The first-order chi connectivity index (χ1) is 9.63. The lowest BCUT2D eigenvalue weighted by molar-refractivity contribution is 0.307. The van der Waals surface area contributed by atoms with Gasteiger partial charge in [-0.2, -0.15) is 0 Å². The summed E-state index contributed by atoms with van der Waals surface area (Å²) < 4.78 is 20.5. The normalized spacial score (nSPS) is 10.9. The van der Waals surface area contributed by atoms with E-state index < -0.39 is 0 Å². The number of ether oxygens (including phenoxy) is 1. The molecule has 0 aliphatic heterocycles. The van der Waals surface area contributed by atoms with Crippen molar-refractivity contribution in [1.82, 2.24) is 4.57 Å². The molecule has 3 aromatic rings. The highest BCUT2D eigenvalue weighted by Gasteiger charge is 2.07. The molecule has 3 rings (SSSR count). The van der Waals surface area contributed by atoms with Crippen LogP contribution in [-0.4, -0.2) is 4.57 Å². The molecule has 1 heterocycles. The van der Waals surface area contributed by atoms with Crippen LogP contribution in [0.5, 0.6) is 5.75 Å². The maximum atomic E-state index is 12.8. The molecule has 0 saturated carbocycles. The predicted molar refractivity (Wildman–Crippen MR) is 78.7 cm³/mol. The summed E-state index contributed by atoms with van der Waals surface area (Å²) in [6, 6.07) is 11.8. The average molecular weight is 290 g/mol. The van der Waals surface area contributed by atoms with Crippen molar-refractivity contribution < 1.29 is 9.13 Å². The summed E-state index contributed by atoms with van der Waals surface area (Å²) in [5.74, 6) is 0.384. The van der Waals surface area contributed by atoms with Crippen LogP contribution >= 0.6 is 11.6 Å². The van der Waals surface area contributed by atoms with Gasteiger partial charge >= 0.3 is 0 Å². The second kappa shape index (κ2) is 5.17. The number of hydrogen-bond acceptors (Lipinski definition) is 1. The average Bonchev–Trinajstić information content (AvgIpc) is 2.74. The lowest BCUT2D eigenvalue weighted by Gasteiger charge is -2.05. The van der Waals surface area contributed by atoms with E-state index in [0.29, 0.717) is 17.4 Å². The van der Waals surface area contributed by atoms with Gasteiger partial charge in [-0.25, -0.2) is 4.39 Å². The Balaban J connectivity index is 1.86. The number of aromatic nitrogens is 1. The van der Waals surface area contributed by atoms with Gasteiger partial charge < -0.3 is 9.30 Å². The number of aryl methyl sites for hydroxylation is 1. The van der Waals surface area contributed by atoms with Crippen LogP contribution in [-0.2, 0) is 13.7 Å². The maximum Gasteiger partial charge on any atom is 0.123 e. The largest absolute Gasteiger partial charge is 0.489 e. The van der Waals surface area contributed by atoms with Crippen molar-refractivity contribution in [2.75, 3.05) is 0 Å². The van der Waals surface area contributed by atoms with E-state index in [1.165, 1.54) is 12.1 Å². The first-order valence-electron chi connectivity index (χ1n) is 6.25. The van der Waals surface area contributed by atoms with Crippen LogP contribution in [0.3, 0.4) is 0 Å². The van der Waals surface area contributed by atoms with E-state index in [9.17, 15) is 4.39 Å². The first kappa shape index (κ1) is 13.0. The Hall–Kier alpha value is -2.00. The third-order valence-electron chi connectivity index (χ3n) is 3.24. The molecule has 2 nitrogen and oxygen atoms in total. The summed E-state index contributed by atoms with van der Waals surface area (Å²) in [4.78, 5) is 0. The van der Waals surface area contributed by atoms with Crippen molar-refractivity contribution >= 4 is 22.5 Å². The topological polar surface area (TPSA) is 14.2 Å². The zero-order chi connectivity index (χ0) is 14.1. The lowest BCUT2D eigenvalue weighted by atomic mass is 10.2.